The number of aromatic amines is 1. The zero-order chi connectivity index (χ0) is 17.2. The summed E-state index contributed by atoms with van der Waals surface area (Å²) in [5.41, 5.74) is 3.96. The molecule has 2 N–H and O–H groups in total. The number of fused-ring (bicyclic) bond motifs is 1. The molecule has 1 fully saturated rings. The van der Waals surface area contributed by atoms with Crippen LogP contribution >= 0.6 is 11.8 Å². The van der Waals surface area contributed by atoms with Gasteiger partial charge in [0.25, 0.3) is 5.24 Å². The largest absolute Gasteiger partial charge is 0.489 e. The highest BCUT2D eigenvalue weighted by Crippen LogP contribution is 2.24. The number of H-pyrrole nitrogens is 1. The summed E-state index contributed by atoms with van der Waals surface area (Å²) in [6.45, 7) is 0.462. The van der Waals surface area contributed by atoms with Crippen LogP contribution in [0.1, 0.15) is 11.1 Å². The van der Waals surface area contributed by atoms with Gasteiger partial charge in [-0.3, -0.25) is 14.9 Å². The third kappa shape index (κ3) is 3.51. The molecule has 3 aromatic rings. The molecular weight excluding hydrogens is 338 g/mol. The highest BCUT2D eigenvalue weighted by Gasteiger charge is 2.31. The maximum absolute atomic E-state index is 11.6. The first kappa shape index (κ1) is 15.7. The summed E-state index contributed by atoms with van der Waals surface area (Å²) >= 11 is 1.04. The lowest BCUT2D eigenvalue weighted by atomic mass is 10.1. The molecule has 2 amide bonds. The Morgan fingerprint density at radius 1 is 1.08 bits per heavy atom. The number of nitrogens with zero attached hydrogens (tertiary/aromatic N) is 1. The maximum Gasteiger partial charge on any atom is 0.286 e. The first-order chi connectivity index (χ1) is 12.2. The molecule has 2 heterocycles. The summed E-state index contributed by atoms with van der Waals surface area (Å²) in [6.07, 6.45) is 2.20. The lowest BCUT2D eigenvalue weighted by Crippen LogP contribution is -2.25. The summed E-state index contributed by atoms with van der Waals surface area (Å²) < 4.78 is 5.81. The van der Waals surface area contributed by atoms with Crippen LogP contribution < -0.4 is 10.1 Å². The van der Waals surface area contributed by atoms with Crippen molar-refractivity contribution >= 4 is 33.9 Å². The molecule has 0 radical (unpaired) electrons. The fourth-order valence-corrected chi connectivity index (χ4v) is 3.56. The van der Waals surface area contributed by atoms with E-state index < -0.39 is 0 Å². The molecule has 0 spiro atoms. The Balaban J connectivity index is 1.37. The second kappa shape index (κ2) is 6.60. The number of hydrogen-bond donors (Lipinski definition) is 2. The maximum atomic E-state index is 11.6. The van der Waals surface area contributed by atoms with E-state index in [0.29, 0.717) is 13.0 Å². The number of imidazole rings is 1. The number of ether oxygens (including phenoxy) is 1. The first-order valence-electron chi connectivity index (χ1n) is 7.82. The SMILES string of the molecule is O=C1NC(=O)C(Cc2ccc(OCc3ccc4nc[nH]c4c3)cc2)S1. The van der Waals surface area contributed by atoms with Crippen LogP contribution in [0.4, 0.5) is 4.79 Å². The highest BCUT2D eigenvalue weighted by molar-refractivity contribution is 8.15. The minimum atomic E-state index is -0.347. The van der Waals surface area contributed by atoms with Gasteiger partial charge in [-0.1, -0.05) is 30.0 Å². The number of amides is 2. The second-order valence-corrected chi connectivity index (χ2v) is 6.95. The lowest BCUT2D eigenvalue weighted by molar-refractivity contribution is -0.118. The Morgan fingerprint density at radius 2 is 1.88 bits per heavy atom. The molecule has 6 nitrogen and oxygen atoms in total. The van der Waals surface area contributed by atoms with E-state index in [1.807, 2.05) is 42.5 Å². The Bertz CT molecular complexity index is 936. The third-order valence-corrected chi connectivity index (χ3v) is 4.98. The van der Waals surface area contributed by atoms with Gasteiger partial charge in [0.05, 0.1) is 22.6 Å². The van der Waals surface area contributed by atoms with E-state index in [0.717, 1.165) is 39.7 Å². The topological polar surface area (TPSA) is 84.1 Å². The van der Waals surface area contributed by atoms with Gasteiger partial charge in [-0.05, 0) is 41.8 Å². The molecule has 4 rings (SSSR count). The van der Waals surface area contributed by atoms with Crippen molar-refractivity contribution in [3.8, 4) is 5.75 Å². The van der Waals surface area contributed by atoms with Gasteiger partial charge in [0.2, 0.25) is 5.91 Å². The molecule has 0 saturated carbocycles. The number of carbonyl (C=O) groups is 2. The molecule has 1 aromatic heterocycles. The van der Waals surface area contributed by atoms with E-state index >= 15 is 0 Å². The van der Waals surface area contributed by atoms with Crippen LogP contribution in [0, 0.1) is 0 Å². The molecular formula is C18H15N3O3S. The first-order valence-corrected chi connectivity index (χ1v) is 8.70. The molecule has 25 heavy (non-hydrogen) atoms. The molecule has 1 saturated heterocycles. The van der Waals surface area contributed by atoms with Crippen LogP contribution in [0.15, 0.2) is 48.8 Å². The van der Waals surface area contributed by atoms with Gasteiger partial charge in [-0.25, -0.2) is 4.98 Å². The zero-order valence-electron chi connectivity index (χ0n) is 13.2. The zero-order valence-corrected chi connectivity index (χ0v) is 14.0. The summed E-state index contributed by atoms with van der Waals surface area (Å²) in [4.78, 5) is 30.1. The number of benzene rings is 2. The molecule has 2 aromatic carbocycles. The Labute approximate surface area is 148 Å². The van der Waals surface area contributed by atoms with E-state index in [4.69, 9.17) is 4.74 Å². The van der Waals surface area contributed by atoms with E-state index in [-0.39, 0.29) is 16.4 Å². The van der Waals surface area contributed by atoms with Crippen LogP contribution in [-0.2, 0) is 17.8 Å². The quantitative estimate of drug-likeness (QED) is 0.736. The van der Waals surface area contributed by atoms with Crippen molar-refractivity contribution < 1.29 is 14.3 Å². The lowest BCUT2D eigenvalue weighted by Gasteiger charge is -2.09. The van der Waals surface area contributed by atoms with Crippen molar-refractivity contribution in [2.45, 2.75) is 18.3 Å². The standard InChI is InChI=1S/C18H15N3O3S/c22-17-16(25-18(23)21-17)8-11-1-4-13(5-2-11)24-9-12-3-6-14-15(7-12)20-10-19-14/h1-7,10,16H,8-9H2,(H,19,20)(H,21,22,23). The van der Waals surface area contributed by atoms with Gasteiger partial charge >= 0.3 is 0 Å². The average molecular weight is 353 g/mol. The average Bonchev–Trinajstić information content (AvgIpc) is 3.20. The number of thioether (sulfide) groups is 1. The number of carbonyl (C=O) groups excluding carboxylic acids is 2. The Kier molecular flexibility index (Phi) is 4.15. The van der Waals surface area contributed by atoms with Crippen LogP contribution in [0.3, 0.4) is 0 Å². The molecule has 126 valence electrons. The van der Waals surface area contributed by atoms with E-state index in [1.54, 1.807) is 6.33 Å². The minimum absolute atomic E-state index is 0.218. The van der Waals surface area contributed by atoms with Crippen molar-refractivity contribution in [2.75, 3.05) is 0 Å². The van der Waals surface area contributed by atoms with Gasteiger partial charge in [0.15, 0.2) is 0 Å². The fraction of sp³-hybridized carbons (Fsp3) is 0.167. The van der Waals surface area contributed by atoms with Crippen LogP contribution in [0.5, 0.6) is 5.75 Å². The highest BCUT2D eigenvalue weighted by atomic mass is 32.2. The number of imide groups is 1. The van der Waals surface area contributed by atoms with Gasteiger partial charge in [-0.2, -0.15) is 0 Å². The molecule has 1 aliphatic heterocycles. The summed E-state index contributed by atoms with van der Waals surface area (Å²) in [5.74, 6) is 0.539. The van der Waals surface area contributed by atoms with Crippen LogP contribution in [0.2, 0.25) is 0 Å². The Morgan fingerprint density at radius 3 is 2.64 bits per heavy atom. The molecule has 0 bridgehead atoms. The van der Waals surface area contributed by atoms with Crippen molar-refractivity contribution in [1.82, 2.24) is 15.3 Å². The van der Waals surface area contributed by atoms with Crippen molar-refractivity contribution in [1.29, 1.82) is 0 Å². The summed E-state index contributed by atoms with van der Waals surface area (Å²) in [6, 6.07) is 13.6. The molecule has 1 atom stereocenters. The predicted molar refractivity (Wildman–Crippen MR) is 95.5 cm³/mol. The summed E-state index contributed by atoms with van der Waals surface area (Å²) in [5, 5.41) is 1.68. The second-order valence-electron chi connectivity index (χ2n) is 5.77. The number of hydrogen-bond acceptors (Lipinski definition) is 5. The smallest absolute Gasteiger partial charge is 0.286 e. The molecule has 1 unspecified atom stereocenters. The number of rotatable bonds is 5. The normalized spacial score (nSPS) is 17.0. The van der Waals surface area contributed by atoms with Gasteiger partial charge in [0, 0.05) is 0 Å². The number of aromatic nitrogens is 2. The Hall–Kier alpha value is -2.80. The van der Waals surface area contributed by atoms with E-state index in [1.165, 1.54) is 0 Å². The predicted octanol–water partition coefficient (Wildman–Crippen LogP) is 3.04. The van der Waals surface area contributed by atoms with Gasteiger partial charge in [0.1, 0.15) is 12.4 Å². The van der Waals surface area contributed by atoms with Crippen molar-refractivity contribution in [2.24, 2.45) is 0 Å². The van der Waals surface area contributed by atoms with Gasteiger partial charge in [-0.15, -0.1) is 0 Å². The number of nitrogens with one attached hydrogen (secondary N) is 2. The minimum Gasteiger partial charge on any atom is -0.489 e. The van der Waals surface area contributed by atoms with Crippen LogP contribution in [-0.4, -0.2) is 26.4 Å². The summed E-state index contributed by atoms with van der Waals surface area (Å²) in [7, 11) is 0. The van der Waals surface area contributed by atoms with E-state index in [9.17, 15) is 9.59 Å². The third-order valence-electron chi connectivity index (χ3n) is 4.00. The van der Waals surface area contributed by atoms with Crippen molar-refractivity contribution in [3.05, 3.63) is 59.9 Å². The molecule has 7 heteroatoms. The van der Waals surface area contributed by atoms with Gasteiger partial charge < -0.3 is 9.72 Å². The van der Waals surface area contributed by atoms with E-state index in [2.05, 4.69) is 15.3 Å². The monoisotopic (exact) mass is 353 g/mol. The molecule has 1 aliphatic rings. The fourth-order valence-electron chi connectivity index (χ4n) is 2.70. The molecule has 0 aliphatic carbocycles. The van der Waals surface area contributed by atoms with Crippen LogP contribution in [0.25, 0.3) is 11.0 Å². The van der Waals surface area contributed by atoms with Crippen molar-refractivity contribution in [3.63, 3.8) is 0 Å².